The van der Waals surface area contributed by atoms with E-state index in [1.807, 2.05) is 12.2 Å². The summed E-state index contributed by atoms with van der Waals surface area (Å²) in [5.41, 5.74) is -0.769. The van der Waals surface area contributed by atoms with E-state index in [-0.39, 0.29) is 23.7 Å². The van der Waals surface area contributed by atoms with E-state index in [9.17, 15) is 15.0 Å². The van der Waals surface area contributed by atoms with Crippen molar-refractivity contribution in [3.8, 4) is 11.8 Å². The van der Waals surface area contributed by atoms with Gasteiger partial charge in [-0.1, -0.05) is 51.7 Å². The lowest BCUT2D eigenvalue weighted by molar-refractivity contribution is -0.137. The van der Waals surface area contributed by atoms with Gasteiger partial charge < -0.3 is 15.3 Å². The van der Waals surface area contributed by atoms with Crippen LogP contribution in [-0.2, 0) is 4.79 Å². The van der Waals surface area contributed by atoms with Gasteiger partial charge in [-0.2, -0.15) is 0 Å². The summed E-state index contributed by atoms with van der Waals surface area (Å²) in [4.78, 5) is 15.6. The molecule has 3 N–H and O–H groups in total. The van der Waals surface area contributed by atoms with Crippen LogP contribution in [0.5, 0.6) is 0 Å². The predicted molar refractivity (Wildman–Crippen MR) is 124 cm³/mol. The van der Waals surface area contributed by atoms with Gasteiger partial charge in [-0.3, -0.25) is 9.79 Å². The molecule has 0 aromatic carbocycles. The van der Waals surface area contributed by atoms with Gasteiger partial charge in [0.15, 0.2) is 0 Å². The Hall–Kier alpha value is -1.29. The zero-order valence-corrected chi connectivity index (χ0v) is 19.5. The molecule has 0 aromatic rings. The number of rotatable bonds is 10. The Kier molecular flexibility index (Phi) is 9.02. The molecule has 0 radical (unpaired) electrons. The maximum atomic E-state index is 10.8. The Balaban J connectivity index is 2.09. The van der Waals surface area contributed by atoms with Crippen LogP contribution in [0.15, 0.2) is 17.1 Å². The number of fused-ring (bicyclic) bond motifs is 1. The third-order valence-corrected chi connectivity index (χ3v) is 7.48. The molecule has 0 aromatic heterocycles. The Morgan fingerprint density at radius 1 is 1.43 bits per heavy atom. The minimum absolute atomic E-state index is 0.0872. The van der Waals surface area contributed by atoms with E-state index < -0.39 is 23.7 Å². The molecule has 0 bridgehead atoms. The minimum Gasteiger partial charge on any atom is -0.481 e. The van der Waals surface area contributed by atoms with E-state index >= 15 is 0 Å². The molecule has 30 heavy (non-hydrogen) atoms. The standard InChI is InChI=1S/C24H37NO4S/c1-5-7-13-23(3,4)20(27)11-10-17-18-15-21(30-14-8-9-22(28)29)25-24(18,12-6-2)16-19(17)26/h10-11,17-20,26-27H,5,7-9,13-16H2,1-4H3,(H,28,29)/b11-10+. The molecule has 0 amide bonds. The van der Waals surface area contributed by atoms with E-state index in [4.69, 9.17) is 10.1 Å². The predicted octanol–water partition coefficient (Wildman–Crippen LogP) is 4.28. The number of carboxylic acids is 1. The highest BCUT2D eigenvalue weighted by molar-refractivity contribution is 8.13. The summed E-state index contributed by atoms with van der Waals surface area (Å²) in [6.45, 7) is 8.12. The Bertz CT molecular complexity index is 720. The summed E-state index contributed by atoms with van der Waals surface area (Å²) < 4.78 is 0. The van der Waals surface area contributed by atoms with Gasteiger partial charge in [-0.25, -0.2) is 0 Å². The second-order valence-electron chi connectivity index (χ2n) is 9.23. The number of aliphatic imine (C=N–C) groups is 1. The number of aliphatic carboxylic acids is 1. The highest BCUT2D eigenvalue weighted by Crippen LogP contribution is 2.51. The average Bonchev–Trinajstić information content (AvgIpc) is 3.12. The van der Waals surface area contributed by atoms with Gasteiger partial charge in [-0.05, 0) is 30.9 Å². The van der Waals surface area contributed by atoms with Gasteiger partial charge in [-0.15, -0.1) is 17.7 Å². The van der Waals surface area contributed by atoms with E-state index in [1.54, 1.807) is 18.7 Å². The maximum absolute atomic E-state index is 10.8. The quantitative estimate of drug-likeness (QED) is 0.271. The number of nitrogens with zero attached hydrogens (tertiary/aromatic N) is 1. The van der Waals surface area contributed by atoms with E-state index in [2.05, 4.69) is 32.6 Å². The van der Waals surface area contributed by atoms with Crippen LogP contribution in [0.3, 0.4) is 0 Å². The van der Waals surface area contributed by atoms with Crippen LogP contribution >= 0.6 is 11.8 Å². The van der Waals surface area contributed by atoms with Crippen molar-refractivity contribution in [1.82, 2.24) is 0 Å². The Morgan fingerprint density at radius 2 is 2.17 bits per heavy atom. The number of carboxylic acid groups (broad SMARTS) is 1. The summed E-state index contributed by atoms with van der Waals surface area (Å²) in [6, 6.07) is 0. The molecule has 1 fully saturated rings. The van der Waals surface area contributed by atoms with Gasteiger partial charge in [0.2, 0.25) is 0 Å². The molecule has 1 heterocycles. The fraction of sp³-hybridized carbons (Fsp3) is 0.750. The second kappa shape index (κ2) is 10.8. The largest absolute Gasteiger partial charge is 0.481 e. The first-order valence-electron chi connectivity index (χ1n) is 11.1. The molecule has 2 aliphatic rings. The average molecular weight is 436 g/mol. The van der Waals surface area contributed by atoms with Gasteiger partial charge in [0.25, 0.3) is 0 Å². The number of hydrogen-bond acceptors (Lipinski definition) is 5. The fourth-order valence-corrected chi connectivity index (χ4v) is 5.56. The number of hydrogen-bond donors (Lipinski definition) is 3. The number of carbonyl (C=O) groups is 1. The topological polar surface area (TPSA) is 90.1 Å². The van der Waals surface area contributed by atoms with Crippen molar-refractivity contribution in [3.63, 3.8) is 0 Å². The fourth-order valence-electron chi connectivity index (χ4n) is 4.51. The monoisotopic (exact) mass is 435 g/mol. The molecule has 1 aliphatic heterocycles. The molecule has 6 heteroatoms. The van der Waals surface area contributed by atoms with E-state index in [1.165, 1.54) is 0 Å². The van der Waals surface area contributed by atoms with Crippen molar-refractivity contribution in [2.75, 3.05) is 5.75 Å². The summed E-state index contributed by atoms with van der Waals surface area (Å²) in [7, 11) is 0. The lowest BCUT2D eigenvalue weighted by atomic mass is 9.79. The van der Waals surface area contributed by atoms with Crippen LogP contribution in [0.1, 0.15) is 72.6 Å². The van der Waals surface area contributed by atoms with Crippen LogP contribution in [0.25, 0.3) is 0 Å². The van der Waals surface area contributed by atoms with E-state index in [0.29, 0.717) is 12.8 Å². The van der Waals surface area contributed by atoms with Crippen molar-refractivity contribution in [2.45, 2.75) is 90.4 Å². The van der Waals surface area contributed by atoms with E-state index in [0.717, 1.165) is 36.5 Å². The molecule has 168 valence electrons. The minimum atomic E-state index is -0.775. The zero-order valence-electron chi connectivity index (χ0n) is 18.7. The summed E-state index contributed by atoms with van der Waals surface area (Å²) in [5.74, 6) is 6.20. The molecular weight excluding hydrogens is 398 g/mol. The van der Waals surface area contributed by atoms with Crippen LogP contribution in [0.2, 0.25) is 0 Å². The molecule has 5 unspecified atom stereocenters. The first-order chi connectivity index (χ1) is 14.1. The highest BCUT2D eigenvalue weighted by Gasteiger charge is 2.55. The van der Waals surface area contributed by atoms with Crippen molar-refractivity contribution >= 4 is 22.8 Å². The van der Waals surface area contributed by atoms with Crippen LogP contribution in [0, 0.1) is 29.1 Å². The lowest BCUT2D eigenvalue weighted by Gasteiger charge is -2.29. The normalized spacial score (nSPS) is 29.4. The van der Waals surface area contributed by atoms with Gasteiger partial charge in [0, 0.05) is 31.1 Å². The molecule has 2 rings (SSSR count). The summed E-state index contributed by atoms with van der Waals surface area (Å²) >= 11 is 1.61. The van der Waals surface area contributed by atoms with Gasteiger partial charge >= 0.3 is 5.97 Å². The Labute approximate surface area is 185 Å². The van der Waals surface area contributed by atoms with Crippen LogP contribution in [-0.4, -0.2) is 49.8 Å². The summed E-state index contributed by atoms with van der Waals surface area (Å²) in [5, 5.41) is 31.3. The van der Waals surface area contributed by atoms with Gasteiger partial charge in [0.05, 0.1) is 17.3 Å². The van der Waals surface area contributed by atoms with Crippen molar-refractivity contribution in [3.05, 3.63) is 12.2 Å². The smallest absolute Gasteiger partial charge is 0.303 e. The first-order valence-corrected chi connectivity index (χ1v) is 12.1. The van der Waals surface area contributed by atoms with Crippen molar-refractivity contribution in [1.29, 1.82) is 0 Å². The van der Waals surface area contributed by atoms with Crippen molar-refractivity contribution < 1.29 is 20.1 Å². The molecule has 1 saturated carbocycles. The van der Waals surface area contributed by atoms with Gasteiger partial charge in [0.1, 0.15) is 5.54 Å². The number of aliphatic hydroxyl groups excluding tert-OH is 2. The van der Waals surface area contributed by atoms with Crippen LogP contribution < -0.4 is 0 Å². The SMILES string of the molecule is CC#CC12CC(O)C(/C=C/C(O)C(C)(C)CCCC)C1CC(SCCCC(=O)O)=N2. The first kappa shape index (κ1) is 25.0. The highest BCUT2D eigenvalue weighted by atomic mass is 32.2. The lowest BCUT2D eigenvalue weighted by Crippen LogP contribution is -2.29. The molecule has 0 saturated heterocycles. The second-order valence-corrected chi connectivity index (χ2v) is 10.4. The maximum Gasteiger partial charge on any atom is 0.303 e. The zero-order chi connectivity index (χ0) is 22.4. The van der Waals surface area contributed by atoms with Crippen LogP contribution in [0.4, 0.5) is 0 Å². The number of unbranched alkanes of at least 4 members (excludes halogenated alkanes) is 1. The third-order valence-electron chi connectivity index (χ3n) is 6.40. The summed E-state index contributed by atoms with van der Waals surface area (Å²) in [6.07, 6.45) is 7.92. The molecular formula is C24H37NO4S. The Morgan fingerprint density at radius 3 is 2.80 bits per heavy atom. The van der Waals surface area contributed by atoms with Crippen molar-refractivity contribution in [2.24, 2.45) is 22.2 Å². The number of thioether (sulfide) groups is 1. The third kappa shape index (κ3) is 6.12. The number of aliphatic hydroxyl groups is 2. The molecule has 0 spiro atoms. The molecule has 5 atom stereocenters. The molecule has 5 nitrogen and oxygen atoms in total. The molecule has 1 aliphatic carbocycles.